The van der Waals surface area contributed by atoms with Gasteiger partial charge in [-0.15, -0.1) is 0 Å². The van der Waals surface area contributed by atoms with Crippen LogP contribution >= 0.6 is 0 Å². The molecular weight excluding hydrogens is 336 g/mol. The number of anilines is 1. The first-order chi connectivity index (χ1) is 11.3. The molecule has 0 unspecified atom stereocenters. The molecule has 0 amide bonds. The van der Waals surface area contributed by atoms with E-state index in [0.717, 1.165) is 6.07 Å². The molecule has 2 aromatic rings. The minimum atomic E-state index is -4.05. The highest BCUT2D eigenvalue weighted by Crippen LogP contribution is 2.32. The van der Waals surface area contributed by atoms with Crippen LogP contribution in [-0.2, 0) is 10.0 Å². The van der Waals surface area contributed by atoms with Crippen LogP contribution in [0.4, 0.5) is 11.4 Å². The van der Waals surface area contributed by atoms with Crippen molar-refractivity contribution in [1.29, 1.82) is 0 Å². The summed E-state index contributed by atoms with van der Waals surface area (Å²) in [6.45, 7) is 1.56. The van der Waals surface area contributed by atoms with E-state index in [4.69, 9.17) is 9.47 Å². The topological polar surface area (TPSA) is 108 Å². The predicted octanol–water partition coefficient (Wildman–Crippen LogP) is 2.72. The van der Waals surface area contributed by atoms with Gasteiger partial charge in [-0.2, -0.15) is 0 Å². The van der Waals surface area contributed by atoms with Crippen molar-refractivity contribution in [2.45, 2.75) is 11.8 Å². The molecule has 24 heavy (non-hydrogen) atoms. The maximum absolute atomic E-state index is 12.6. The van der Waals surface area contributed by atoms with Gasteiger partial charge in [-0.05, 0) is 24.6 Å². The van der Waals surface area contributed by atoms with Crippen LogP contribution in [0.1, 0.15) is 5.56 Å². The molecule has 1 N–H and O–H groups in total. The molecule has 2 rings (SSSR count). The van der Waals surface area contributed by atoms with Gasteiger partial charge in [-0.1, -0.05) is 6.07 Å². The first-order valence-electron chi connectivity index (χ1n) is 6.78. The van der Waals surface area contributed by atoms with E-state index in [1.807, 2.05) is 0 Å². The number of nitrogens with zero attached hydrogens (tertiary/aromatic N) is 1. The third kappa shape index (κ3) is 3.57. The molecule has 0 aromatic heterocycles. The van der Waals surface area contributed by atoms with Crippen LogP contribution in [0.3, 0.4) is 0 Å². The Labute approximate surface area is 139 Å². The number of nitrogens with one attached hydrogen (secondary N) is 1. The molecule has 0 spiro atoms. The zero-order valence-electron chi connectivity index (χ0n) is 13.3. The van der Waals surface area contributed by atoms with E-state index in [0.29, 0.717) is 17.1 Å². The van der Waals surface area contributed by atoms with Gasteiger partial charge in [0.15, 0.2) is 0 Å². The number of non-ortho nitro benzene ring substituents is 1. The average molecular weight is 352 g/mol. The second kappa shape index (κ2) is 6.75. The monoisotopic (exact) mass is 352 g/mol. The van der Waals surface area contributed by atoms with Gasteiger partial charge in [0.1, 0.15) is 11.5 Å². The third-order valence-corrected chi connectivity index (χ3v) is 4.83. The number of hydrogen-bond acceptors (Lipinski definition) is 6. The molecular formula is C15H16N2O6S. The Kier molecular flexibility index (Phi) is 4.93. The average Bonchev–Trinajstić information content (AvgIpc) is 2.54. The number of nitro groups is 1. The predicted molar refractivity (Wildman–Crippen MR) is 88.2 cm³/mol. The number of sulfonamides is 1. The molecule has 0 aliphatic carbocycles. The Morgan fingerprint density at radius 1 is 1.08 bits per heavy atom. The van der Waals surface area contributed by atoms with E-state index >= 15 is 0 Å². The van der Waals surface area contributed by atoms with Gasteiger partial charge in [0.2, 0.25) is 0 Å². The van der Waals surface area contributed by atoms with E-state index in [-0.39, 0.29) is 16.3 Å². The lowest BCUT2D eigenvalue weighted by Crippen LogP contribution is -2.15. The maximum atomic E-state index is 12.6. The zero-order valence-corrected chi connectivity index (χ0v) is 14.1. The first-order valence-corrected chi connectivity index (χ1v) is 8.26. The number of benzene rings is 2. The van der Waals surface area contributed by atoms with Gasteiger partial charge in [-0.3, -0.25) is 14.8 Å². The van der Waals surface area contributed by atoms with Crippen LogP contribution in [0.15, 0.2) is 41.3 Å². The molecule has 0 heterocycles. The minimum absolute atomic E-state index is 0.169. The van der Waals surface area contributed by atoms with Crippen LogP contribution in [0.5, 0.6) is 11.5 Å². The highest BCUT2D eigenvalue weighted by atomic mass is 32.2. The van der Waals surface area contributed by atoms with Crippen molar-refractivity contribution in [3.8, 4) is 11.5 Å². The summed E-state index contributed by atoms with van der Waals surface area (Å²) in [7, 11) is -1.20. The van der Waals surface area contributed by atoms with Crippen LogP contribution < -0.4 is 14.2 Å². The van der Waals surface area contributed by atoms with Crippen molar-refractivity contribution in [1.82, 2.24) is 0 Å². The Balaban J connectivity index is 2.49. The molecule has 0 bridgehead atoms. The van der Waals surface area contributed by atoms with Crippen molar-refractivity contribution in [3.63, 3.8) is 0 Å². The lowest BCUT2D eigenvalue weighted by atomic mass is 10.2. The van der Waals surface area contributed by atoms with Crippen LogP contribution in [0.25, 0.3) is 0 Å². The molecule has 0 radical (unpaired) electrons. The fourth-order valence-corrected chi connectivity index (χ4v) is 3.41. The van der Waals surface area contributed by atoms with Crippen molar-refractivity contribution < 1.29 is 22.8 Å². The maximum Gasteiger partial charge on any atom is 0.270 e. The van der Waals surface area contributed by atoms with E-state index in [1.165, 1.54) is 32.4 Å². The highest BCUT2D eigenvalue weighted by molar-refractivity contribution is 7.92. The Hall–Kier alpha value is -2.81. The molecule has 0 atom stereocenters. The zero-order chi connectivity index (χ0) is 17.9. The van der Waals surface area contributed by atoms with Gasteiger partial charge in [0.05, 0.1) is 29.7 Å². The molecule has 0 aliphatic heterocycles. The second-order valence-corrected chi connectivity index (χ2v) is 6.53. The Bertz CT molecular complexity index is 880. The molecule has 9 heteroatoms. The van der Waals surface area contributed by atoms with Gasteiger partial charge < -0.3 is 9.47 Å². The minimum Gasteiger partial charge on any atom is -0.497 e. The van der Waals surface area contributed by atoms with Crippen molar-refractivity contribution in [2.75, 3.05) is 18.9 Å². The number of rotatable bonds is 6. The molecule has 2 aromatic carbocycles. The highest BCUT2D eigenvalue weighted by Gasteiger charge is 2.22. The molecule has 0 saturated carbocycles. The second-order valence-electron chi connectivity index (χ2n) is 4.88. The fraction of sp³-hybridized carbons (Fsp3) is 0.200. The number of hydrogen-bond donors (Lipinski definition) is 1. The Morgan fingerprint density at radius 2 is 1.79 bits per heavy atom. The van der Waals surface area contributed by atoms with Crippen LogP contribution in [0, 0.1) is 17.0 Å². The van der Waals surface area contributed by atoms with Crippen LogP contribution in [0.2, 0.25) is 0 Å². The summed E-state index contributed by atoms with van der Waals surface area (Å²) in [6, 6.07) is 8.29. The van der Waals surface area contributed by atoms with Gasteiger partial charge in [-0.25, -0.2) is 8.42 Å². The van der Waals surface area contributed by atoms with E-state index in [2.05, 4.69) is 4.72 Å². The van der Waals surface area contributed by atoms with Crippen molar-refractivity contribution >= 4 is 21.4 Å². The largest absolute Gasteiger partial charge is 0.497 e. The summed E-state index contributed by atoms with van der Waals surface area (Å²) < 4.78 is 37.8. The SMILES string of the molecule is COc1ccc(OC)c(NS(=O)(=O)c2cc([N+](=O)[O-])ccc2C)c1. The standard InChI is InChI=1S/C15H16N2O6S/c1-10-4-5-11(17(18)19)8-15(10)24(20,21)16-13-9-12(22-2)6-7-14(13)23-3/h4-9,16H,1-3H3. The molecule has 8 nitrogen and oxygen atoms in total. The summed E-state index contributed by atoms with van der Waals surface area (Å²) in [5.74, 6) is 0.728. The summed E-state index contributed by atoms with van der Waals surface area (Å²) in [5.41, 5.74) is 0.247. The molecule has 0 saturated heterocycles. The van der Waals surface area contributed by atoms with E-state index < -0.39 is 14.9 Å². The molecule has 128 valence electrons. The summed E-state index contributed by atoms with van der Waals surface area (Å²) in [6.07, 6.45) is 0. The Morgan fingerprint density at radius 3 is 2.38 bits per heavy atom. The van der Waals surface area contributed by atoms with Crippen molar-refractivity contribution in [3.05, 3.63) is 52.1 Å². The number of methoxy groups -OCH3 is 2. The number of ether oxygens (including phenoxy) is 2. The lowest BCUT2D eigenvalue weighted by Gasteiger charge is -2.14. The lowest BCUT2D eigenvalue weighted by molar-refractivity contribution is -0.385. The van der Waals surface area contributed by atoms with E-state index in [9.17, 15) is 18.5 Å². The van der Waals surface area contributed by atoms with Crippen LogP contribution in [-0.4, -0.2) is 27.6 Å². The number of nitro benzene ring substituents is 1. The van der Waals surface area contributed by atoms with Crippen molar-refractivity contribution in [2.24, 2.45) is 0 Å². The first kappa shape index (κ1) is 17.5. The van der Waals surface area contributed by atoms with Gasteiger partial charge in [0, 0.05) is 18.2 Å². The summed E-state index contributed by atoms with van der Waals surface area (Å²) in [4.78, 5) is 10.1. The fourth-order valence-electron chi connectivity index (χ4n) is 2.09. The normalized spacial score (nSPS) is 11.0. The molecule has 0 aliphatic rings. The van der Waals surface area contributed by atoms with E-state index in [1.54, 1.807) is 19.1 Å². The molecule has 0 fully saturated rings. The quantitative estimate of drug-likeness (QED) is 0.632. The van der Waals surface area contributed by atoms with Gasteiger partial charge in [0.25, 0.3) is 15.7 Å². The number of aryl methyl sites for hydroxylation is 1. The third-order valence-electron chi connectivity index (χ3n) is 3.32. The summed E-state index contributed by atoms with van der Waals surface area (Å²) >= 11 is 0. The van der Waals surface area contributed by atoms with Gasteiger partial charge >= 0.3 is 0 Å². The summed E-state index contributed by atoms with van der Waals surface area (Å²) in [5, 5.41) is 10.9. The smallest absolute Gasteiger partial charge is 0.270 e.